The zero-order valence-corrected chi connectivity index (χ0v) is 12.8. The molecule has 0 aliphatic heterocycles. The third-order valence-corrected chi connectivity index (χ3v) is 4.74. The highest BCUT2D eigenvalue weighted by Crippen LogP contribution is 2.17. The van der Waals surface area contributed by atoms with Gasteiger partial charge in [0, 0.05) is 12.7 Å². The first-order valence-corrected chi connectivity index (χ1v) is 8.54. The molecule has 0 saturated heterocycles. The third kappa shape index (κ3) is 5.89. The number of nitrogens with one attached hydrogen (secondary N) is 1. The summed E-state index contributed by atoms with van der Waals surface area (Å²) in [5.41, 5.74) is 0. The van der Waals surface area contributed by atoms with Gasteiger partial charge >= 0.3 is 0 Å². The van der Waals surface area contributed by atoms with Crippen LogP contribution in [-0.2, 0) is 10.0 Å². The zero-order chi connectivity index (χ0) is 14.1. The van der Waals surface area contributed by atoms with Gasteiger partial charge in [0.05, 0.1) is 0 Å². The summed E-state index contributed by atoms with van der Waals surface area (Å²) < 4.78 is 26.5. The molecule has 0 fully saturated rings. The lowest BCUT2D eigenvalue weighted by Crippen LogP contribution is -2.25. The summed E-state index contributed by atoms with van der Waals surface area (Å²) in [7, 11) is -3.53. The zero-order valence-electron chi connectivity index (χ0n) is 11.2. The van der Waals surface area contributed by atoms with Crippen LogP contribution in [0.2, 0.25) is 5.15 Å². The van der Waals surface area contributed by atoms with Crippen molar-refractivity contribution in [2.75, 3.05) is 6.54 Å². The van der Waals surface area contributed by atoms with Gasteiger partial charge in [-0.1, -0.05) is 50.6 Å². The van der Waals surface area contributed by atoms with Crippen LogP contribution in [0.5, 0.6) is 0 Å². The number of unbranched alkanes of at least 4 members (excludes halogenated alkanes) is 5. The van der Waals surface area contributed by atoms with E-state index in [1.807, 2.05) is 0 Å². The maximum Gasteiger partial charge on any atom is 0.243 e. The highest BCUT2D eigenvalue weighted by Gasteiger charge is 2.17. The number of sulfonamides is 1. The molecule has 4 nitrogen and oxygen atoms in total. The van der Waals surface area contributed by atoms with E-state index in [4.69, 9.17) is 11.6 Å². The first-order valence-electron chi connectivity index (χ1n) is 6.68. The van der Waals surface area contributed by atoms with Crippen molar-refractivity contribution in [1.82, 2.24) is 9.71 Å². The minimum atomic E-state index is -3.53. The van der Waals surface area contributed by atoms with Crippen LogP contribution < -0.4 is 4.72 Å². The predicted molar refractivity (Wildman–Crippen MR) is 77.8 cm³/mol. The Morgan fingerprint density at radius 3 is 2.58 bits per heavy atom. The minimum absolute atomic E-state index is 0.0120. The second-order valence-electron chi connectivity index (χ2n) is 4.46. The fourth-order valence-corrected chi connectivity index (χ4v) is 3.29. The molecule has 1 rings (SSSR count). The quantitative estimate of drug-likeness (QED) is 0.562. The fraction of sp³-hybridized carbons (Fsp3) is 0.615. The van der Waals surface area contributed by atoms with E-state index in [9.17, 15) is 8.42 Å². The second kappa shape index (κ2) is 8.51. The Bertz CT molecular complexity index is 477. The Morgan fingerprint density at radius 1 is 1.21 bits per heavy atom. The maximum absolute atomic E-state index is 12.0. The Morgan fingerprint density at radius 2 is 1.89 bits per heavy atom. The smallest absolute Gasteiger partial charge is 0.243 e. The second-order valence-corrected chi connectivity index (χ2v) is 6.55. The van der Waals surface area contributed by atoms with Gasteiger partial charge in [-0.05, 0) is 18.6 Å². The lowest BCUT2D eigenvalue weighted by Gasteiger charge is -2.07. The van der Waals surface area contributed by atoms with Gasteiger partial charge < -0.3 is 0 Å². The summed E-state index contributed by atoms with van der Waals surface area (Å²) in [5, 5.41) is 0.0120. The number of hydrogen-bond acceptors (Lipinski definition) is 3. The first-order chi connectivity index (χ1) is 9.08. The van der Waals surface area contributed by atoms with Gasteiger partial charge in [0.25, 0.3) is 0 Å². The van der Waals surface area contributed by atoms with E-state index in [1.54, 1.807) is 6.07 Å². The van der Waals surface area contributed by atoms with Gasteiger partial charge in [-0.2, -0.15) is 0 Å². The highest BCUT2D eigenvalue weighted by atomic mass is 35.5. The number of aromatic nitrogens is 1. The molecule has 0 spiro atoms. The molecule has 0 unspecified atom stereocenters. The van der Waals surface area contributed by atoms with E-state index in [1.165, 1.54) is 31.5 Å². The van der Waals surface area contributed by atoms with E-state index in [2.05, 4.69) is 16.6 Å². The topological polar surface area (TPSA) is 59.1 Å². The van der Waals surface area contributed by atoms with Crippen LogP contribution in [0.25, 0.3) is 0 Å². The molecule has 108 valence electrons. The summed E-state index contributed by atoms with van der Waals surface area (Å²) >= 11 is 5.78. The number of pyridine rings is 1. The average molecular weight is 305 g/mol. The summed E-state index contributed by atoms with van der Waals surface area (Å²) in [5.74, 6) is 0. The van der Waals surface area contributed by atoms with Gasteiger partial charge in [-0.15, -0.1) is 0 Å². The van der Waals surface area contributed by atoms with Gasteiger partial charge in [-0.3, -0.25) is 0 Å². The molecular weight excluding hydrogens is 284 g/mol. The number of nitrogens with zero attached hydrogens (tertiary/aromatic N) is 1. The van der Waals surface area contributed by atoms with E-state index >= 15 is 0 Å². The molecule has 1 N–H and O–H groups in total. The van der Waals surface area contributed by atoms with Gasteiger partial charge in [-0.25, -0.2) is 18.1 Å². The molecule has 19 heavy (non-hydrogen) atoms. The molecule has 0 amide bonds. The van der Waals surface area contributed by atoms with Crippen molar-refractivity contribution in [1.29, 1.82) is 0 Å². The van der Waals surface area contributed by atoms with Gasteiger partial charge in [0.2, 0.25) is 10.0 Å². The highest BCUT2D eigenvalue weighted by molar-refractivity contribution is 7.89. The third-order valence-electron chi connectivity index (χ3n) is 2.84. The Hall–Kier alpha value is -0.650. The molecule has 1 heterocycles. The van der Waals surface area contributed by atoms with Crippen LogP contribution in [0.3, 0.4) is 0 Å². The number of hydrogen-bond donors (Lipinski definition) is 1. The molecule has 0 bridgehead atoms. The van der Waals surface area contributed by atoms with Crippen molar-refractivity contribution in [2.24, 2.45) is 0 Å². The van der Waals surface area contributed by atoms with Crippen molar-refractivity contribution >= 4 is 21.6 Å². The lowest BCUT2D eigenvalue weighted by atomic mass is 10.1. The summed E-state index contributed by atoms with van der Waals surface area (Å²) in [6.07, 6.45) is 8.20. The predicted octanol–water partition coefficient (Wildman–Crippen LogP) is 3.37. The first kappa shape index (κ1) is 16.4. The molecule has 0 aromatic carbocycles. The number of halogens is 1. The fourth-order valence-electron chi connectivity index (χ4n) is 1.76. The van der Waals surface area contributed by atoms with Crippen LogP contribution in [0.4, 0.5) is 0 Å². The van der Waals surface area contributed by atoms with E-state index in [0.717, 1.165) is 19.3 Å². The largest absolute Gasteiger partial charge is 0.243 e. The molecule has 1 aromatic rings. The maximum atomic E-state index is 12.0. The van der Waals surface area contributed by atoms with Crippen LogP contribution in [0, 0.1) is 0 Å². The van der Waals surface area contributed by atoms with E-state index < -0.39 is 10.0 Å². The molecule has 0 aliphatic carbocycles. The Kier molecular flexibility index (Phi) is 7.34. The standard InChI is InChI=1S/C13H21ClN2O2S/c1-2-3-4-5-6-7-11-16-19(17,18)12-9-8-10-15-13(12)14/h8-10,16H,2-7,11H2,1H3. The van der Waals surface area contributed by atoms with Crippen LogP contribution in [0.1, 0.15) is 45.4 Å². The molecule has 0 radical (unpaired) electrons. The molecule has 1 aromatic heterocycles. The Labute approximate surface area is 120 Å². The van der Waals surface area contributed by atoms with Crippen molar-refractivity contribution in [3.05, 3.63) is 23.5 Å². The molecule has 6 heteroatoms. The molecule has 0 saturated carbocycles. The van der Waals surface area contributed by atoms with Crippen LogP contribution >= 0.6 is 11.6 Å². The van der Waals surface area contributed by atoms with Crippen molar-refractivity contribution in [3.63, 3.8) is 0 Å². The average Bonchev–Trinajstić information content (AvgIpc) is 2.38. The molecule has 0 atom stereocenters. The van der Waals surface area contributed by atoms with Crippen LogP contribution in [0.15, 0.2) is 23.2 Å². The number of rotatable bonds is 9. The SMILES string of the molecule is CCCCCCCCNS(=O)(=O)c1cccnc1Cl. The Balaban J connectivity index is 2.34. The van der Waals surface area contributed by atoms with Gasteiger partial charge in [0.15, 0.2) is 0 Å². The van der Waals surface area contributed by atoms with Crippen molar-refractivity contribution in [3.8, 4) is 0 Å². The van der Waals surface area contributed by atoms with E-state index in [0.29, 0.717) is 6.54 Å². The summed E-state index contributed by atoms with van der Waals surface area (Å²) in [6.45, 7) is 2.62. The van der Waals surface area contributed by atoms with E-state index in [-0.39, 0.29) is 10.0 Å². The van der Waals surface area contributed by atoms with Gasteiger partial charge in [0.1, 0.15) is 10.0 Å². The summed E-state index contributed by atoms with van der Waals surface area (Å²) in [6, 6.07) is 3.02. The minimum Gasteiger partial charge on any atom is -0.243 e. The molecular formula is C13H21ClN2O2S. The normalized spacial score (nSPS) is 11.7. The summed E-state index contributed by atoms with van der Waals surface area (Å²) in [4.78, 5) is 3.81. The molecule has 0 aliphatic rings. The van der Waals surface area contributed by atoms with Crippen molar-refractivity contribution in [2.45, 2.75) is 50.3 Å². The van der Waals surface area contributed by atoms with Crippen molar-refractivity contribution < 1.29 is 8.42 Å². The van der Waals surface area contributed by atoms with Crippen LogP contribution in [-0.4, -0.2) is 19.9 Å². The monoisotopic (exact) mass is 304 g/mol. The lowest BCUT2D eigenvalue weighted by molar-refractivity contribution is 0.567.